The van der Waals surface area contributed by atoms with Gasteiger partial charge in [0.2, 0.25) is 5.91 Å². The minimum absolute atomic E-state index is 0.0160. The maximum atomic E-state index is 12.4. The SMILES string of the molecule is O=C(Cc1csc(NC(=O)OCC2c3ccccc3-c3ccccc32)n1)NC(C(=O)O)C1CCC1. The summed E-state index contributed by atoms with van der Waals surface area (Å²) in [6.45, 7) is 0.193. The molecule has 9 heteroatoms. The van der Waals surface area contributed by atoms with Gasteiger partial charge in [-0.25, -0.2) is 14.6 Å². The molecule has 0 radical (unpaired) electrons. The van der Waals surface area contributed by atoms with E-state index >= 15 is 0 Å². The number of fused-ring (bicyclic) bond motifs is 3. The first kappa shape index (κ1) is 23.0. The van der Waals surface area contributed by atoms with Gasteiger partial charge in [0.05, 0.1) is 12.1 Å². The molecule has 1 atom stereocenters. The number of carbonyl (C=O) groups excluding carboxylic acids is 2. The van der Waals surface area contributed by atoms with Crippen molar-refractivity contribution < 1.29 is 24.2 Å². The van der Waals surface area contributed by atoms with Crippen LogP contribution < -0.4 is 10.6 Å². The van der Waals surface area contributed by atoms with E-state index in [4.69, 9.17) is 4.74 Å². The van der Waals surface area contributed by atoms with Crippen LogP contribution in [0.25, 0.3) is 11.1 Å². The largest absolute Gasteiger partial charge is 0.480 e. The predicted molar refractivity (Wildman–Crippen MR) is 131 cm³/mol. The van der Waals surface area contributed by atoms with Crippen LogP contribution in [0.3, 0.4) is 0 Å². The average Bonchev–Trinajstić information content (AvgIpc) is 3.37. The summed E-state index contributed by atoms with van der Waals surface area (Å²) in [6, 6.07) is 15.4. The molecule has 3 aromatic rings. The number of aromatic nitrogens is 1. The quantitative estimate of drug-likeness (QED) is 0.430. The number of carboxylic acid groups (broad SMARTS) is 1. The predicted octanol–water partition coefficient (Wildman–Crippen LogP) is 4.42. The summed E-state index contributed by atoms with van der Waals surface area (Å²) in [6.07, 6.45) is 1.93. The van der Waals surface area contributed by atoms with Crippen molar-refractivity contribution in [3.05, 3.63) is 70.7 Å². The summed E-state index contributed by atoms with van der Waals surface area (Å²) in [5.41, 5.74) is 5.03. The molecule has 1 fully saturated rings. The summed E-state index contributed by atoms with van der Waals surface area (Å²) < 4.78 is 5.53. The van der Waals surface area contributed by atoms with Crippen molar-refractivity contribution in [1.82, 2.24) is 10.3 Å². The molecule has 3 N–H and O–H groups in total. The zero-order valence-electron chi connectivity index (χ0n) is 18.9. The molecular weight excluding hydrogens is 466 g/mol. The van der Waals surface area contributed by atoms with E-state index in [1.807, 2.05) is 24.3 Å². The number of amides is 2. The Hall–Kier alpha value is -3.72. The summed E-state index contributed by atoms with van der Waals surface area (Å²) in [4.78, 5) is 40.5. The number of thiazole rings is 1. The second kappa shape index (κ2) is 9.87. The van der Waals surface area contributed by atoms with Crippen molar-refractivity contribution in [3.8, 4) is 11.1 Å². The van der Waals surface area contributed by atoms with E-state index in [1.165, 1.54) is 11.3 Å². The highest BCUT2D eigenvalue weighted by molar-refractivity contribution is 7.13. The van der Waals surface area contributed by atoms with Gasteiger partial charge >= 0.3 is 12.1 Å². The van der Waals surface area contributed by atoms with Crippen LogP contribution in [0.2, 0.25) is 0 Å². The number of benzene rings is 2. The van der Waals surface area contributed by atoms with Crippen LogP contribution in [0.15, 0.2) is 53.9 Å². The standard InChI is InChI=1S/C26H25N3O5S/c30-22(28-23(24(31)32)15-6-5-7-15)12-16-14-35-25(27-16)29-26(33)34-13-21-19-10-3-1-8-17(19)18-9-2-4-11-20(18)21/h1-4,8-11,14-15,21,23H,5-7,12-13H2,(H,28,30)(H,31,32)(H,27,29,33). The molecule has 35 heavy (non-hydrogen) atoms. The Morgan fingerprint density at radius 2 is 1.71 bits per heavy atom. The third-order valence-electron chi connectivity index (χ3n) is 6.65. The molecule has 180 valence electrons. The third kappa shape index (κ3) is 4.90. The van der Waals surface area contributed by atoms with Crippen molar-refractivity contribution in [3.63, 3.8) is 0 Å². The van der Waals surface area contributed by atoms with Crippen LogP contribution in [0.5, 0.6) is 0 Å². The molecule has 2 amide bonds. The lowest BCUT2D eigenvalue weighted by Gasteiger charge is -2.31. The van der Waals surface area contributed by atoms with Crippen LogP contribution in [0.1, 0.15) is 42.0 Å². The van der Waals surface area contributed by atoms with Gasteiger partial charge in [-0.1, -0.05) is 55.0 Å². The highest BCUT2D eigenvalue weighted by atomic mass is 32.1. The highest BCUT2D eigenvalue weighted by Gasteiger charge is 2.34. The fourth-order valence-electron chi connectivity index (χ4n) is 4.71. The fourth-order valence-corrected chi connectivity index (χ4v) is 5.41. The number of carbonyl (C=O) groups is 3. The number of carboxylic acids is 1. The summed E-state index contributed by atoms with van der Waals surface area (Å²) >= 11 is 1.18. The minimum Gasteiger partial charge on any atom is -0.480 e. The van der Waals surface area contributed by atoms with Crippen molar-refractivity contribution in [1.29, 1.82) is 0 Å². The number of ether oxygens (including phenoxy) is 1. The first-order valence-corrected chi connectivity index (χ1v) is 12.5. The van der Waals surface area contributed by atoms with Crippen LogP contribution in [-0.4, -0.2) is 40.7 Å². The molecule has 5 rings (SSSR count). The molecule has 0 saturated heterocycles. The first-order chi connectivity index (χ1) is 17.0. The van der Waals surface area contributed by atoms with Crippen molar-refractivity contribution in [2.24, 2.45) is 5.92 Å². The van der Waals surface area contributed by atoms with E-state index in [9.17, 15) is 19.5 Å². The molecule has 1 unspecified atom stereocenters. The maximum Gasteiger partial charge on any atom is 0.413 e. The highest BCUT2D eigenvalue weighted by Crippen LogP contribution is 2.44. The topological polar surface area (TPSA) is 118 Å². The molecule has 0 spiro atoms. The Kier molecular flexibility index (Phi) is 6.50. The Morgan fingerprint density at radius 1 is 1.06 bits per heavy atom. The second-order valence-corrected chi connectivity index (χ2v) is 9.70. The molecule has 1 saturated carbocycles. The average molecular weight is 492 g/mol. The fraction of sp³-hybridized carbons (Fsp3) is 0.308. The van der Waals surface area contributed by atoms with Crippen LogP contribution >= 0.6 is 11.3 Å². The van der Waals surface area contributed by atoms with Crippen molar-refractivity contribution >= 4 is 34.4 Å². The van der Waals surface area contributed by atoms with Gasteiger partial charge in [0.25, 0.3) is 0 Å². The molecule has 2 aromatic carbocycles. The number of anilines is 1. The number of hydrogen-bond donors (Lipinski definition) is 3. The smallest absolute Gasteiger partial charge is 0.413 e. The van der Waals surface area contributed by atoms with E-state index in [0.29, 0.717) is 10.8 Å². The lowest BCUT2D eigenvalue weighted by atomic mass is 9.79. The van der Waals surface area contributed by atoms with E-state index in [-0.39, 0.29) is 24.9 Å². The van der Waals surface area contributed by atoms with Gasteiger partial charge in [-0.05, 0) is 41.0 Å². The van der Waals surface area contributed by atoms with E-state index in [2.05, 4.69) is 39.9 Å². The van der Waals surface area contributed by atoms with Gasteiger partial charge in [-0.15, -0.1) is 11.3 Å². The number of hydrogen-bond acceptors (Lipinski definition) is 6. The second-order valence-electron chi connectivity index (χ2n) is 8.85. The molecule has 2 aliphatic rings. The molecule has 1 aromatic heterocycles. The molecule has 1 heterocycles. The van der Waals surface area contributed by atoms with Crippen molar-refractivity contribution in [2.75, 3.05) is 11.9 Å². The number of rotatable bonds is 8. The molecule has 2 aliphatic carbocycles. The lowest BCUT2D eigenvalue weighted by molar-refractivity contribution is -0.144. The minimum atomic E-state index is -1.01. The van der Waals surface area contributed by atoms with Gasteiger partial charge in [-0.3, -0.25) is 10.1 Å². The van der Waals surface area contributed by atoms with Crippen LogP contribution in [0.4, 0.5) is 9.93 Å². The van der Waals surface area contributed by atoms with Crippen molar-refractivity contribution in [2.45, 2.75) is 37.6 Å². The van der Waals surface area contributed by atoms with Crippen LogP contribution in [0, 0.1) is 5.92 Å². The zero-order chi connectivity index (χ0) is 24.4. The van der Waals surface area contributed by atoms with E-state index < -0.39 is 24.0 Å². The summed E-state index contributed by atoms with van der Waals surface area (Å²) in [5.74, 6) is -1.47. The van der Waals surface area contributed by atoms with E-state index in [0.717, 1.165) is 41.5 Å². The normalized spacial score (nSPS) is 15.4. The number of nitrogens with one attached hydrogen (secondary N) is 2. The summed E-state index contributed by atoms with van der Waals surface area (Å²) in [5, 5.41) is 16.6. The Balaban J connectivity index is 1.15. The number of nitrogens with zero attached hydrogens (tertiary/aromatic N) is 1. The Bertz CT molecular complexity index is 1220. The number of aliphatic carboxylic acids is 1. The van der Waals surface area contributed by atoms with Gasteiger partial charge in [0, 0.05) is 11.3 Å². The molecule has 0 aliphatic heterocycles. The third-order valence-corrected chi connectivity index (χ3v) is 7.46. The van der Waals surface area contributed by atoms with Gasteiger partial charge < -0.3 is 15.2 Å². The van der Waals surface area contributed by atoms with E-state index in [1.54, 1.807) is 5.38 Å². The first-order valence-electron chi connectivity index (χ1n) is 11.6. The van der Waals surface area contributed by atoms with Gasteiger partial charge in [0.15, 0.2) is 5.13 Å². The Labute approximate surface area is 206 Å². The zero-order valence-corrected chi connectivity index (χ0v) is 19.7. The van der Waals surface area contributed by atoms with Crippen LogP contribution in [-0.2, 0) is 20.7 Å². The maximum absolute atomic E-state index is 12.4. The summed E-state index contributed by atoms with van der Waals surface area (Å²) in [7, 11) is 0. The molecule has 0 bridgehead atoms. The monoisotopic (exact) mass is 491 g/mol. The van der Waals surface area contributed by atoms with Gasteiger partial charge in [0.1, 0.15) is 12.6 Å². The molecule has 8 nitrogen and oxygen atoms in total. The van der Waals surface area contributed by atoms with Gasteiger partial charge in [-0.2, -0.15) is 0 Å². The molecular formula is C26H25N3O5S. The Morgan fingerprint density at radius 3 is 2.31 bits per heavy atom. The lowest BCUT2D eigenvalue weighted by Crippen LogP contribution is -2.48.